The van der Waals surface area contributed by atoms with Crippen LogP contribution in [0.3, 0.4) is 0 Å². The van der Waals surface area contributed by atoms with Crippen molar-refractivity contribution in [2.75, 3.05) is 13.7 Å². The van der Waals surface area contributed by atoms with Gasteiger partial charge in [-0.25, -0.2) is 13.4 Å². The number of amides is 1. The summed E-state index contributed by atoms with van der Waals surface area (Å²) in [6.45, 7) is 5.70. The minimum absolute atomic E-state index is 0.247. The number of nitrogens with zero attached hydrogens (tertiary/aromatic N) is 1. The molecule has 7 nitrogen and oxygen atoms in total. The average molecular weight is 380 g/mol. The minimum Gasteiger partial charge on any atom is -0.497 e. The minimum atomic E-state index is -3.69. The molecule has 1 heterocycles. The van der Waals surface area contributed by atoms with Gasteiger partial charge in [-0.3, -0.25) is 4.79 Å². The summed E-state index contributed by atoms with van der Waals surface area (Å²) in [5.74, 6) is 0.399. The number of sulfone groups is 1. The standard InChI is InChI=1S/C18H24N2O5S/c1-12(2)9-19-17(21)13(3)26(22,23)11-15-10-25-18(20-15)14-5-7-16(24-4)8-6-14/h5-8,10,12-13H,9,11H2,1-4H3,(H,19,21). The maximum atomic E-state index is 12.5. The van der Waals surface area contributed by atoms with Crippen molar-refractivity contribution >= 4 is 15.7 Å². The molecule has 1 aromatic carbocycles. The molecule has 2 rings (SSSR count). The zero-order valence-corrected chi connectivity index (χ0v) is 16.2. The van der Waals surface area contributed by atoms with Gasteiger partial charge in [-0.2, -0.15) is 0 Å². The van der Waals surface area contributed by atoms with E-state index in [1.807, 2.05) is 13.8 Å². The van der Waals surface area contributed by atoms with Crippen molar-refractivity contribution in [1.82, 2.24) is 10.3 Å². The van der Waals surface area contributed by atoms with Gasteiger partial charge in [0.1, 0.15) is 17.3 Å². The molecule has 0 saturated heterocycles. The maximum Gasteiger partial charge on any atom is 0.238 e. The second kappa shape index (κ2) is 8.35. The first-order valence-corrected chi connectivity index (χ1v) is 10.0. The highest BCUT2D eigenvalue weighted by molar-refractivity contribution is 7.92. The second-order valence-electron chi connectivity index (χ2n) is 6.46. The molecule has 0 radical (unpaired) electrons. The quantitative estimate of drug-likeness (QED) is 0.755. The number of nitrogens with one attached hydrogen (secondary N) is 1. The lowest BCUT2D eigenvalue weighted by molar-refractivity contribution is -0.120. The van der Waals surface area contributed by atoms with E-state index in [1.165, 1.54) is 13.2 Å². The lowest BCUT2D eigenvalue weighted by Gasteiger charge is -2.13. The van der Waals surface area contributed by atoms with Crippen molar-refractivity contribution in [1.29, 1.82) is 0 Å². The van der Waals surface area contributed by atoms with E-state index in [0.717, 1.165) is 0 Å². The topological polar surface area (TPSA) is 98.5 Å². The molecule has 0 aliphatic heterocycles. The van der Waals surface area contributed by atoms with Gasteiger partial charge in [0.05, 0.1) is 18.6 Å². The molecule has 1 amide bonds. The molecule has 2 aromatic rings. The number of hydrogen-bond acceptors (Lipinski definition) is 6. The SMILES string of the molecule is COc1ccc(-c2nc(CS(=O)(=O)C(C)C(=O)NCC(C)C)co2)cc1. The largest absolute Gasteiger partial charge is 0.497 e. The second-order valence-corrected chi connectivity index (χ2v) is 8.78. The van der Waals surface area contributed by atoms with Crippen LogP contribution < -0.4 is 10.1 Å². The third-order valence-corrected chi connectivity index (χ3v) is 5.82. The monoisotopic (exact) mass is 380 g/mol. The van der Waals surface area contributed by atoms with E-state index in [9.17, 15) is 13.2 Å². The van der Waals surface area contributed by atoms with Crippen LogP contribution in [0.1, 0.15) is 26.5 Å². The lowest BCUT2D eigenvalue weighted by atomic mass is 10.2. The van der Waals surface area contributed by atoms with Gasteiger partial charge >= 0.3 is 0 Å². The molecule has 0 bridgehead atoms. The van der Waals surface area contributed by atoms with Crippen LogP contribution in [0, 0.1) is 5.92 Å². The molecule has 0 aliphatic rings. The van der Waals surface area contributed by atoms with Gasteiger partial charge in [-0.1, -0.05) is 13.8 Å². The fourth-order valence-electron chi connectivity index (χ4n) is 2.18. The predicted molar refractivity (Wildman–Crippen MR) is 98.4 cm³/mol. The summed E-state index contributed by atoms with van der Waals surface area (Å²) >= 11 is 0. The van der Waals surface area contributed by atoms with Gasteiger partial charge < -0.3 is 14.5 Å². The van der Waals surface area contributed by atoms with E-state index < -0.39 is 21.0 Å². The Morgan fingerprint density at radius 2 is 1.88 bits per heavy atom. The molecule has 26 heavy (non-hydrogen) atoms. The molecule has 8 heteroatoms. The van der Waals surface area contributed by atoms with E-state index >= 15 is 0 Å². The van der Waals surface area contributed by atoms with Crippen molar-refractivity contribution < 1.29 is 22.4 Å². The lowest BCUT2D eigenvalue weighted by Crippen LogP contribution is -2.39. The van der Waals surface area contributed by atoms with Crippen LogP contribution >= 0.6 is 0 Å². The van der Waals surface area contributed by atoms with Crippen molar-refractivity contribution in [2.45, 2.75) is 31.8 Å². The average Bonchev–Trinajstić information content (AvgIpc) is 3.06. The Morgan fingerprint density at radius 1 is 1.23 bits per heavy atom. The Hall–Kier alpha value is -2.35. The smallest absolute Gasteiger partial charge is 0.238 e. The Kier molecular flexibility index (Phi) is 6.42. The van der Waals surface area contributed by atoms with Gasteiger partial charge in [0.25, 0.3) is 0 Å². The zero-order valence-electron chi connectivity index (χ0n) is 15.4. The number of rotatable bonds is 8. The molecule has 1 unspecified atom stereocenters. The van der Waals surface area contributed by atoms with Gasteiger partial charge in [0.2, 0.25) is 11.8 Å². The Bertz CT molecular complexity index is 841. The van der Waals surface area contributed by atoms with E-state index in [4.69, 9.17) is 9.15 Å². The number of hydrogen-bond donors (Lipinski definition) is 1. The number of aromatic nitrogens is 1. The van der Waals surface area contributed by atoms with Crippen LogP contribution in [-0.2, 0) is 20.4 Å². The van der Waals surface area contributed by atoms with E-state index in [0.29, 0.717) is 23.7 Å². The van der Waals surface area contributed by atoms with Crippen molar-refractivity contribution in [3.63, 3.8) is 0 Å². The summed E-state index contributed by atoms with van der Waals surface area (Å²) in [5.41, 5.74) is 0.969. The fourth-order valence-corrected chi connectivity index (χ4v) is 3.39. The summed E-state index contributed by atoms with van der Waals surface area (Å²) in [6.07, 6.45) is 1.30. The first-order valence-electron chi connectivity index (χ1n) is 8.31. The molecule has 142 valence electrons. The highest BCUT2D eigenvalue weighted by Crippen LogP contribution is 2.22. The van der Waals surface area contributed by atoms with Crippen LogP contribution in [0.2, 0.25) is 0 Å². The maximum absolute atomic E-state index is 12.5. The molecule has 1 N–H and O–H groups in total. The molecule has 1 atom stereocenters. The first kappa shape index (κ1) is 20.0. The zero-order chi connectivity index (χ0) is 19.3. The van der Waals surface area contributed by atoms with Crippen LogP contribution in [0.25, 0.3) is 11.5 Å². The highest BCUT2D eigenvalue weighted by atomic mass is 32.2. The molecule has 0 aliphatic carbocycles. The highest BCUT2D eigenvalue weighted by Gasteiger charge is 2.29. The van der Waals surface area contributed by atoms with Gasteiger partial charge in [-0.05, 0) is 37.1 Å². The van der Waals surface area contributed by atoms with Gasteiger partial charge in [-0.15, -0.1) is 0 Å². The molecular formula is C18H24N2O5S. The van der Waals surface area contributed by atoms with Crippen molar-refractivity contribution in [3.8, 4) is 17.2 Å². The normalized spacial score (nSPS) is 12.8. The van der Waals surface area contributed by atoms with Crippen LogP contribution in [-0.4, -0.2) is 38.2 Å². The summed E-state index contributed by atoms with van der Waals surface area (Å²) < 4.78 is 35.4. The predicted octanol–water partition coefficient (Wildman–Crippen LogP) is 2.43. The Morgan fingerprint density at radius 3 is 2.46 bits per heavy atom. The number of methoxy groups -OCH3 is 1. The third kappa shape index (κ3) is 5.08. The molecule has 1 aromatic heterocycles. The number of oxazole rings is 1. The summed E-state index contributed by atoms with van der Waals surface area (Å²) in [5, 5.41) is 1.49. The van der Waals surface area contributed by atoms with E-state index in [1.54, 1.807) is 31.4 Å². The van der Waals surface area contributed by atoms with E-state index in [2.05, 4.69) is 10.3 Å². The van der Waals surface area contributed by atoms with Crippen molar-refractivity contribution in [2.24, 2.45) is 5.92 Å². The summed E-state index contributed by atoms with van der Waals surface area (Å²) in [4.78, 5) is 16.2. The first-order chi connectivity index (χ1) is 12.2. The Balaban J connectivity index is 2.07. The number of benzene rings is 1. The van der Waals surface area contributed by atoms with Crippen molar-refractivity contribution in [3.05, 3.63) is 36.2 Å². The molecule has 0 spiro atoms. The molecule has 0 saturated carbocycles. The summed E-state index contributed by atoms with van der Waals surface area (Å²) in [7, 11) is -2.12. The van der Waals surface area contributed by atoms with Crippen LogP contribution in [0.5, 0.6) is 5.75 Å². The number of ether oxygens (including phenoxy) is 1. The molecule has 0 fully saturated rings. The Labute approximate surface area is 153 Å². The van der Waals surface area contributed by atoms with E-state index in [-0.39, 0.29) is 17.4 Å². The third-order valence-electron chi connectivity index (χ3n) is 3.83. The summed E-state index contributed by atoms with van der Waals surface area (Å²) in [6, 6.07) is 7.06. The van der Waals surface area contributed by atoms with Crippen LogP contribution in [0.4, 0.5) is 0 Å². The fraction of sp³-hybridized carbons (Fsp3) is 0.444. The van der Waals surface area contributed by atoms with Gasteiger partial charge in [0, 0.05) is 12.1 Å². The number of carbonyl (C=O) groups excluding carboxylic acids is 1. The molecular weight excluding hydrogens is 356 g/mol. The van der Waals surface area contributed by atoms with Crippen LogP contribution in [0.15, 0.2) is 34.9 Å². The van der Waals surface area contributed by atoms with Gasteiger partial charge in [0.15, 0.2) is 9.84 Å². The number of carbonyl (C=O) groups is 1.